The Bertz CT molecular complexity index is 595. The lowest BCUT2D eigenvalue weighted by atomic mass is 9.47. The first-order valence-corrected chi connectivity index (χ1v) is 9.06. The standard InChI is InChI=1S/C21H28O/c1-4-14-6-8-18-17-7-5-15-13-16(22)9-11-21(15,3)19(17)10-12-20(14,18)2/h4,6,13,17-19H,1,5,7-12H2,2-3H3. The summed E-state index contributed by atoms with van der Waals surface area (Å²) in [7, 11) is 0. The maximum Gasteiger partial charge on any atom is 0.155 e. The van der Waals surface area contributed by atoms with Crippen LogP contribution in [0.25, 0.3) is 0 Å². The largest absolute Gasteiger partial charge is 0.295 e. The van der Waals surface area contributed by atoms with E-state index in [1.54, 1.807) is 0 Å². The van der Waals surface area contributed by atoms with Gasteiger partial charge in [-0.2, -0.15) is 0 Å². The molecule has 0 saturated heterocycles. The molecule has 0 spiro atoms. The molecule has 4 aliphatic carbocycles. The summed E-state index contributed by atoms with van der Waals surface area (Å²) in [6.45, 7) is 8.99. The molecule has 22 heavy (non-hydrogen) atoms. The van der Waals surface area contributed by atoms with Gasteiger partial charge in [-0.05, 0) is 78.8 Å². The van der Waals surface area contributed by atoms with Crippen LogP contribution in [0.3, 0.4) is 0 Å². The number of hydrogen-bond acceptors (Lipinski definition) is 1. The smallest absolute Gasteiger partial charge is 0.155 e. The fourth-order valence-corrected chi connectivity index (χ4v) is 6.48. The van der Waals surface area contributed by atoms with Gasteiger partial charge in [0.15, 0.2) is 5.78 Å². The van der Waals surface area contributed by atoms with Gasteiger partial charge in [-0.15, -0.1) is 0 Å². The van der Waals surface area contributed by atoms with Gasteiger partial charge >= 0.3 is 0 Å². The normalized spacial score (nSPS) is 47.0. The van der Waals surface area contributed by atoms with E-state index in [0.29, 0.717) is 16.6 Å². The van der Waals surface area contributed by atoms with E-state index in [9.17, 15) is 4.79 Å². The van der Waals surface area contributed by atoms with Crippen LogP contribution in [-0.4, -0.2) is 5.78 Å². The zero-order valence-corrected chi connectivity index (χ0v) is 14.0. The van der Waals surface area contributed by atoms with E-state index < -0.39 is 0 Å². The van der Waals surface area contributed by atoms with E-state index in [1.807, 2.05) is 6.08 Å². The van der Waals surface area contributed by atoms with Gasteiger partial charge in [-0.1, -0.05) is 38.2 Å². The third-order valence-electron chi connectivity index (χ3n) is 7.82. The SMILES string of the molecule is C=CC1=CCC2C3CCC4=CC(=O)CCC4(C)C3CCC12C. The number of ketones is 1. The van der Waals surface area contributed by atoms with Crippen molar-refractivity contribution in [1.29, 1.82) is 0 Å². The Balaban J connectivity index is 1.69. The van der Waals surface area contributed by atoms with Crippen molar-refractivity contribution >= 4 is 5.78 Å². The fourth-order valence-electron chi connectivity index (χ4n) is 6.48. The summed E-state index contributed by atoms with van der Waals surface area (Å²) in [5, 5.41) is 0. The topological polar surface area (TPSA) is 17.1 Å². The summed E-state index contributed by atoms with van der Waals surface area (Å²) >= 11 is 0. The van der Waals surface area contributed by atoms with Gasteiger partial charge in [0.2, 0.25) is 0 Å². The summed E-state index contributed by atoms with van der Waals surface area (Å²) in [4.78, 5) is 11.8. The molecule has 4 rings (SSSR count). The Labute approximate surface area is 134 Å². The summed E-state index contributed by atoms with van der Waals surface area (Å²) in [5.41, 5.74) is 3.64. The molecule has 0 aromatic carbocycles. The van der Waals surface area contributed by atoms with E-state index in [0.717, 1.165) is 37.0 Å². The van der Waals surface area contributed by atoms with Crippen LogP contribution in [-0.2, 0) is 4.79 Å². The highest BCUT2D eigenvalue weighted by atomic mass is 16.1. The van der Waals surface area contributed by atoms with Crippen molar-refractivity contribution in [2.75, 3.05) is 0 Å². The first-order chi connectivity index (χ1) is 10.5. The number of carbonyl (C=O) groups is 1. The second kappa shape index (κ2) is 4.69. The molecule has 1 heteroatoms. The predicted octanol–water partition coefficient (Wildman–Crippen LogP) is 5.24. The molecule has 0 aliphatic heterocycles. The van der Waals surface area contributed by atoms with Crippen molar-refractivity contribution in [1.82, 2.24) is 0 Å². The summed E-state index contributed by atoms with van der Waals surface area (Å²) < 4.78 is 0. The molecule has 2 saturated carbocycles. The van der Waals surface area contributed by atoms with Crippen LogP contribution >= 0.6 is 0 Å². The van der Waals surface area contributed by atoms with Gasteiger partial charge in [0, 0.05) is 6.42 Å². The summed E-state index contributed by atoms with van der Waals surface area (Å²) in [6, 6.07) is 0. The second-order valence-corrected chi connectivity index (χ2v) is 8.52. The van der Waals surface area contributed by atoms with Crippen LogP contribution in [0.2, 0.25) is 0 Å². The molecule has 5 atom stereocenters. The molecule has 0 bridgehead atoms. The van der Waals surface area contributed by atoms with Crippen molar-refractivity contribution in [2.24, 2.45) is 28.6 Å². The highest BCUT2D eigenvalue weighted by Crippen LogP contribution is 2.65. The molecule has 1 nitrogen and oxygen atoms in total. The van der Waals surface area contributed by atoms with Crippen LogP contribution in [0.1, 0.15) is 58.8 Å². The van der Waals surface area contributed by atoms with Gasteiger partial charge in [0.1, 0.15) is 0 Å². The lowest BCUT2D eigenvalue weighted by molar-refractivity contribution is -0.117. The highest BCUT2D eigenvalue weighted by Gasteiger charge is 2.56. The molecule has 0 heterocycles. The Morgan fingerprint density at radius 3 is 2.73 bits per heavy atom. The molecule has 5 unspecified atom stereocenters. The molecular weight excluding hydrogens is 268 g/mol. The average Bonchev–Trinajstić information content (AvgIpc) is 2.84. The van der Waals surface area contributed by atoms with Gasteiger partial charge < -0.3 is 0 Å². The van der Waals surface area contributed by atoms with Crippen molar-refractivity contribution in [3.63, 3.8) is 0 Å². The van der Waals surface area contributed by atoms with Gasteiger partial charge in [0.25, 0.3) is 0 Å². The van der Waals surface area contributed by atoms with E-state index in [4.69, 9.17) is 0 Å². The number of hydrogen-bond donors (Lipinski definition) is 0. The van der Waals surface area contributed by atoms with Crippen LogP contribution in [0.15, 0.2) is 36.0 Å². The fraction of sp³-hybridized carbons (Fsp3) is 0.667. The maximum absolute atomic E-state index is 11.8. The molecule has 4 aliphatic rings. The minimum absolute atomic E-state index is 0.301. The number of carbonyl (C=O) groups excluding carboxylic acids is 1. The third-order valence-corrected chi connectivity index (χ3v) is 7.82. The van der Waals surface area contributed by atoms with Gasteiger partial charge in [0.05, 0.1) is 0 Å². The number of fused-ring (bicyclic) bond motifs is 5. The number of rotatable bonds is 1. The Hall–Kier alpha value is -1.11. The van der Waals surface area contributed by atoms with Crippen LogP contribution in [0.4, 0.5) is 0 Å². The Morgan fingerprint density at radius 1 is 1.14 bits per heavy atom. The molecular formula is C21H28O. The monoisotopic (exact) mass is 296 g/mol. The van der Waals surface area contributed by atoms with Crippen molar-refractivity contribution in [2.45, 2.75) is 58.8 Å². The van der Waals surface area contributed by atoms with Crippen molar-refractivity contribution in [3.05, 3.63) is 36.0 Å². The van der Waals surface area contributed by atoms with E-state index in [2.05, 4.69) is 32.6 Å². The molecule has 0 radical (unpaired) electrons. The number of allylic oxidation sites excluding steroid dienone is 5. The third kappa shape index (κ3) is 1.74. The second-order valence-electron chi connectivity index (χ2n) is 8.52. The molecule has 0 aromatic heterocycles. The Morgan fingerprint density at radius 2 is 1.95 bits per heavy atom. The van der Waals surface area contributed by atoms with Gasteiger partial charge in [-0.3, -0.25) is 4.79 Å². The van der Waals surface area contributed by atoms with Crippen LogP contribution in [0.5, 0.6) is 0 Å². The van der Waals surface area contributed by atoms with Crippen molar-refractivity contribution in [3.8, 4) is 0 Å². The predicted molar refractivity (Wildman–Crippen MR) is 90.4 cm³/mol. The molecule has 118 valence electrons. The van der Waals surface area contributed by atoms with E-state index >= 15 is 0 Å². The first-order valence-electron chi connectivity index (χ1n) is 9.06. The minimum Gasteiger partial charge on any atom is -0.295 e. The minimum atomic E-state index is 0.301. The van der Waals surface area contributed by atoms with E-state index in [1.165, 1.54) is 36.8 Å². The lowest BCUT2D eigenvalue weighted by Crippen LogP contribution is -2.49. The summed E-state index contributed by atoms with van der Waals surface area (Å²) in [5.74, 6) is 2.79. The van der Waals surface area contributed by atoms with Crippen LogP contribution in [0, 0.1) is 28.6 Å². The summed E-state index contributed by atoms with van der Waals surface area (Å²) in [6.07, 6.45) is 14.7. The van der Waals surface area contributed by atoms with Crippen molar-refractivity contribution < 1.29 is 4.79 Å². The highest BCUT2D eigenvalue weighted by molar-refractivity contribution is 5.91. The Kier molecular flexibility index (Phi) is 3.09. The zero-order valence-electron chi connectivity index (χ0n) is 14.0. The average molecular weight is 296 g/mol. The zero-order chi connectivity index (χ0) is 15.5. The molecule has 0 aromatic rings. The quantitative estimate of drug-likeness (QED) is 0.646. The molecule has 2 fully saturated rings. The molecule has 0 amide bonds. The van der Waals surface area contributed by atoms with Crippen LogP contribution < -0.4 is 0 Å². The maximum atomic E-state index is 11.8. The first kappa shape index (κ1) is 14.5. The van der Waals surface area contributed by atoms with E-state index in [-0.39, 0.29) is 0 Å². The van der Waals surface area contributed by atoms with Gasteiger partial charge in [-0.25, -0.2) is 0 Å². The molecule has 0 N–H and O–H groups in total. The lowest BCUT2D eigenvalue weighted by Gasteiger charge is -2.57.